The number of halogens is 1. The maximum atomic E-state index is 11.8. The van der Waals surface area contributed by atoms with Gasteiger partial charge in [0.05, 0.1) is 17.0 Å². The molecule has 0 aliphatic carbocycles. The molecule has 0 aliphatic heterocycles. The zero-order chi connectivity index (χ0) is 15.2. The Kier molecular flexibility index (Phi) is 4.98. The highest BCUT2D eigenvalue weighted by atomic mass is 35.5. The number of aromatic nitrogens is 2. The van der Waals surface area contributed by atoms with Gasteiger partial charge in [0.2, 0.25) is 5.91 Å². The Labute approximate surface area is 129 Å². The van der Waals surface area contributed by atoms with Crippen molar-refractivity contribution in [3.8, 4) is 6.07 Å². The highest BCUT2D eigenvalue weighted by Crippen LogP contribution is 2.21. The minimum Gasteiger partial charge on any atom is -0.324 e. The van der Waals surface area contributed by atoms with Crippen LogP contribution in [0, 0.1) is 11.3 Å². The van der Waals surface area contributed by atoms with Crippen LogP contribution < -0.4 is 10.9 Å². The van der Waals surface area contributed by atoms with Crippen molar-refractivity contribution in [3.63, 3.8) is 0 Å². The third kappa shape index (κ3) is 4.34. The SMILES string of the molecule is N#Cc1ccc(Cl)cc1NC(=O)CSc1nccc(=O)[nH]1. The van der Waals surface area contributed by atoms with Gasteiger partial charge in [0.25, 0.3) is 5.56 Å². The van der Waals surface area contributed by atoms with E-state index in [0.717, 1.165) is 11.8 Å². The van der Waals surface area contributed by atoms with Gasteiger partial charge in [-0.2, -0.15) is 5.26 Å². The van der Waals surface area contributed by atoms with E-state index < -0.39 is 0 Å². The van der Waals surface area contributed by atoms with Crippen LogP contribution in [-0.2, 0) is 4.79 Å². The number of aromatic amines is 1. The number of nitriles is 1. The van der Waals surface area contributed by atoms with Gasteiger partial charge in [-0.3, -0.25) is 9.59 Å². The van der Waals surface area contributed by atoms with Gasteiger partial charge >= 0.3 is 0 Å². The van der Waals surface area contributed by atoms with Crippen LogP contribution in [0.15, 0.2) is 40.4 Å². The van der Waals surface area contributed by atoms with Crippen molar-refractivity contribution in [1.29, 1.82) is 5.26 Å². The molecule has 0 bridgehead atoms. The largest absolute Gasteiger partial charge is 0.324 e. The summed E-state index contributed by atoms with van der Waals surface area (Å²) < 4.78 is 0. The number of amides is 1. The normalized spacial score (nSPS) is 9.90. The molecular weight excluding hydrogens is 312 g/mol. The molecule has 1 aromatic carbocycles. The summed E-state index contributed by atoms with van der Waals surface area (Å²) in [6.07, 6.45) is 1.36. The standard InChI is InChI=1S/C13H9ClN4O2S/c14-9-2-1-8(6-15)10(5-9)17-12(20)7-21-13-16-4-3-11(19)18-13/h1-5H,7H2,(H,17,20)(H,16,18,19). The summed E-state index contributed by atoms with van der Waals surface area (Å²) in [5, 5.41) is 12.3. The van der Waals surface area contributed by atoms with E-state index in [-0.39, 0.29) is 17.2 Å². The molecular formula is C13H9ClN4O2S. The topological polar surface area (TPSA) is 98.6 Å². The highest BCUT2D eigenvalue weighted by molar-refractivity contribution is 7.99. The number of carbonyl (C=O) groups excluding carboxylic acids is 1. The van der Waals surface area contributed by atoms with E-state index in [9.17, 15) is 9.59 Å². The highest BCUT2D eigenvalue weighted by Gasteiger charge is 2.09. The second kappa shape index (κ2) is 6.92. The van der Waals surface area contributed by atoms with Gasteiger partial charge in [0.1, 0.15) is 6.07 Å². The summed E-state index contributed by atoms with van der Waals surface area (Å²) in [7, 11) is 0. The van der Waals surface area contributed by atoms with Gasteiger partial charge < -0.3 is 10.3 Å². The van der Waals surface area contributed by atoms with Crippen LogP contribution in [0.5, 0.6) is 0 Å². The van der Waals surface area contributed by atoms with E-state index >= 15 is 0 Å². The Morgan fingerprint density at radius 1 is 1.48 bits per heavy atom. The Hall–Kier alpha value is -2.30. The van der Waals surface area contributed by atoms with Gasteiger partial charge in [-0.15, -0.1) is 0 Å². The zero-order valence-electron chi connectivity index (χ0n) is 10.6. The molecule has 0 atom stereocenters. The van der Waals surface area contributed by atoms with Crippen LogP contribution in [0.25, 0.3) is 0 Å². The number of carbonyl (C=O) groups is 1. The first-order chi connectivity index (χ1) is 10.1. The maximum absolute atomic E-state index is 11.8. The number of benzene rings is 1. The molecule has 0 spiro atoms. The third-order valence-electron chi connectivity index (χ3n) is 2.36. The van der Waals surface area contributed by atoms with Crippen molar-refractivity contribution in [1.82, 2.24) is 9.97 Å². The molecule has 0 radical (unpaired) electrons. The van der Waals surface area contributed by atoms with E-state index in [1.165, 1.54) is 24.4 Å². The van der Waals surface area contributed by atoms with Crippen molar-refractivity contribution >= 4 is 35.0 Å². The number of nitrogens with zero attached hydrogens (tertiary/aromatic N) is 2. The van der Waals surface area contributed by atoms with Gasteiger partial charge in [-0.25, -0.2) is 4.98 Å². The molecule has 2 rings (SSSR count). The number of hydrogen-bond acceptors (Lipinski definition) is 5. The van der Waals surface area contributed by atoms with E-state index in [1.807, 2.05) is 6.07 Å². The van der Waals surface area contributed by atoms with Gasteiger partial charge in [-0.1, -0.05) is 23.4 Å². The van der Waals surface area contributed by atoms with Gasteiger partial charge in [0, 0.05) is 17.3 Å². The molecule has 6 nitrogen and oxygen atoms in total. The summed E-state index contributed by atoms with van der Waals surface area (Å²) in [6.45, 7) is 0. The number of hydrogen-bond donors (Lipinski definition) is 2. The first-order valence-electron chi connectivity index (χ1n) is 5.76. The number of H-pyrrole nitrogens is 1. The van der Waals surface area contributed by atoms with Crippen molar-refractivity contribution < 1.29 is 4.79 Å². The summed E-state index contributed by atoms with van der Waals surface area (Å²) in [5.74, 6) is -0.282. The van der Waals surface area contributed by atoms with Crippen molar-refractivity contribution in [3.05, 3.63) is 51.4 Å². The quantitative estimate of drug-likeness (QED) is 0.663. The molecule has 1 aromatic heterocycles. The van der Waals surface area contributed by atoms with Gasteiger partial charge in [0.15, 0.2) is 5.16 Å². The fourth-order valence-electron chi connectivity index (χ4n) is 1.46. The van der Waals surface area contributed by atoms with Crippen molar-refractivity contribution in [2.75, 3.05) is 11.1 Å². The molecule has 1 heterocycles. The van der Waals surface area contributed by atoms with Crippen molar-refractivity contribution in [2.24, 2.45) is 0 Å². The zero-order valence-corrected chi connectivity index (χ0v) is 12.2. The summed E-state index contributed by atoms with van der Waals surface area (Å²) in [4.78, 5) is 29.4. The average Bonchev–Trinajstić information content (AvgIpc) is 2.45. The van der Waals surface area contributed by atoms with Crippen LogP contribution in [0.1, 0.15) is 5.56 Å². The lowest BCUT2D eigenvalue weighted by molar-refractivity contribution is -0.113. The summed E-state index contributed by atoms with van der Waals surface area (Å²) >= 11 is 6.92. The molecule has 2 N–H and O–H groups in total. The minimum atomic E-state index is -0.328. The lowest BCUT2D eigenvalue weighted by Crippen LogP contribution is -2.16. The molecule has 0 saturated heterocycles. The number of anilines is 1. The molecule has 0 fully saturated rings. The monoisotopic (exact) mass is 320 g/mol. The summed E-state index contributed by atoms with van der Waals surface area (Å²) in [6, 6.07) is 7.86. The van der Waals surface area contributed by atoms with Crippen molar-refractivity contribution in [2.45, 2.75) is 5.16 Å². The molecule has 1 amide bonds. The molecule has 0 unspecified atom stereocenters. The van der Waals surface area contributed by atoms with Crippen LogP contribution in [0.3, 0.4) is 0 Å². The van der Waals surface area contributed by atoms with Crippen LogP contribution in [0.2, 0.25) is 5.02 Å². The second-order valence-corrected chi connectivity index (χ2v) is 5.28. The Morgan fingerprint density at radius 2 is 2.29 bits per heavy atom. The van der Waals surface area contributed by atoms with E-state index in [4.69, 9.17) is 16.9 Å². The Bertz CT molecular complexity index is 769. The van der Waals surface area contributed by atoms with E-state index in [1.54, 1.807) is 6.07 Å². The smallest absolute Gasteiger partial charge is 0.251 e. The maximum Gasteiger partial charge on any atom is 0.251 e. The molecule has 8 heteroatoms. The average molecular weight is 321 g/mol. The second-order valence-electron chi connectivity index (χ2n) is 3.88. The fraction of sp³-hybridized carbons (Fsp3) is 0.0769. The number of thioether (sulfide) groups is 1. The molecule has 2 aromatic rings. The lowest BCUT2D eigenvalue weighted by atomic mass is 10.2. The Morgan fingerprint density at radius 3 is 3.00 bits per heavy atom. The first-order valence-corrected chi connectivity index (χ1v) is 7.12. The number of nitrogens with one attached hydrogen (secondary N) is 2. The van der Waals surface area contributed by atoms with Gasteiger partial charge in [-0.05, 0) is 18.2 Å². The number of rotatable bonds is 4. The predicted octanol–water partition coefficient (Wildman–Crippen LogP) is 2.03. The molecule has 0 saturated carbocycles. The molecule has 106 valence electrons. The van der Waals surface area contributed by atoms with Crippen LogP contribution in [0.4, 0.5) is 5.69 Å². The molecule has 0 aliphatic rings. The summed E-state index contributed by atoms with van der Waals surface area (Å²) in [5.41, 5.74) is 0.392. The lowest BCUT2D eigenvalue weighted by Gasteiger charge is -2.07. The molecule has 21 heavy (non-hydrogen) atoms. The van der Waals surface area contributed by atoms with E-state index in [0.29, 0.717) is 21.4 Å². The van der Waals surface area contributed by atoms with Crippen LogP contribution in [-0.4, -0.2) is 21.6 Å². The minimum absolute atomic E-state index is 0.0460. The third-order valence-corrected chi connectivity index (χ3v) is 3.49. The first kappa shape index (κ1) is 15.1. The Balaban J connectivity index is 2.01. The fourth-order valence-corrected chi connectivity index (χ4v) is 2.28. The predicted molar refractivity (Wildman–Crippen MR) is 80.4 cm³/mol. The van der Waals surface area contributed by atoms with Crippen LogP contribution >= 0.6 is 23.4 Å². The van der Waals surface area contributed by atoms with E-state index in [2.05, 4.69) is 15.3 Å².